The van der Waals surface area contributed by atoms with Crippen molar-refractivity contribution in [1.82, 2.24) is 15.2 Å². The Kier molecular flexibility index (Phi) is 6.41. The topological polar surface area (TPSA) is 54.5 Å². The maximum Gasteiger partial charge on any atom is 0.410 e. The largest absolute Gasteiger partial charge is 0.444 e. The second-order valence-corrected chi connectivity index (χ2v) is 8.20. The molecule has 1 aliphatic heterocycles. The summed E-state index contributed by atoms with van der Waals surface area (Å²) in [7, 11) is 0. The van der Waals surface area contributed by atoms with E-state index < -0.39 is 5.60 Å². The molecule has 5 nitrogen and oxygen atoms in total. The van der Waals surface area contributed by atoms with Crippen LogP contribution in [0.1, 0.15) is 58.0 Å². The molecule has 1 N–H and O–H groups in total. The van der Waals surface area contributed by atoms with Gasteiger partial charge >= 0.3 is 6.09 Å². The molecule has 0 spiro atoms. The molecule has 6 heteroatoms. The molecule has 1 aromatic heterocycles. The van der Waals surface area contributed by atoms with Gasteiger partial charge in [-0.25, -0.2) is 9.78 Å². The van der Waals surface area contributed by atoms with Crippen molar-refractivity contribution in [2.45, 2.75) is 58.6 Å². The van der Waals surface area contributed by atoms with Gasteiger partial charge in [0.15, 0.2) is 0 Å². The molecular formula is C17H29N3O2S. The Morgan fingerprint density at radius 3 is 3.00 bits per heavy atom. The number of piperidine rings is 1. The van der Waals surface area contributed by atoms with E-state index in [1.54, 1.807) is 11.3 Å². The second kappa shape index (κ2) is 8.11. The highest BCUT2D eigenvalue weighted by atomic mass is 32.1. The van der Waals surface area contributed by atoms with Crippen LogP contribution in [0.15, 0.2) is 11.6 Å². The molecule has 1 amide bonds. The Bertz CT molecular complexity index is 485. The molecule has 2 heterocycles. The number of nitrogens with one attached hydrogen (secondary N) is 1. The Hall–Kier alpha value is -1.14. The van der Waals surface area contributed by atoms with Gasteiger partial charge in [-0.1, -0.05) is 0 Å². The van der Waals surface area contributed by atoms with Gasteiger partial charge < -0.3 is 15.0 Å². The number of likely N-dealkylation sites (tertiary alicyclic amines) is 1. The summed E-state index contributed by atoms with van der Waals surface area (Å²) >= 11 is 1.68. The average Bonchev–Trinajstić information content (AvgIpc) is 3.00. The third-order valence-electron chi connectivity index (χ3n) is 4.00. The lowest BCUT2D eigenvalue weighted by Gasteiger charge is -2.34. The molecule has 2 unspecified atom stereocenters. The molecule has 0 radical (unpaired) electrons. The van der Waals surface area contributed by atoms with E-state index in [1.165, 1.54) is 6.42 Å². The highest BCUT2D eigenvalue weighted by Gasteiger charge is 2.27. The molecule has 0 aromatic carbocycles. The first-order valence-electron chi connectivity index (χ1n) is 8.46. The van der Waals surface area contributed by atoms with Gasteiger partial charge in [0.25, 0.3) is 0 Å². The van der Waals surface area contributed by atoms with Gasteiger partial charge in [0.2, 0.25) is 0 Å². The molecule has 1 fully saturated rings. The van der Waals surface area contributed by atoms with E-state index in [-0.39, 0.29) is 6.09 Å². The number of ether oxygens (including phenoxy) is 1. The normalized spacial score (nSPS) is 20.3. The lowest BCUT2D eigenvalue weighted by molar-refractivity contribution is 0.0161. The fourth-order valence-electron chi connectivity index (χ4n) is 2.83. The molecule has 23 heavy (non-hydrogen) atoms. The molecule has 0 saturated carbocycles. The first-order chi connectivity index (χ1) is 10.8. The van der Waals surface area contributed by atoms with Crippen LogP contribution < -0.4 is 5.32 Å². The standard InChI is InChI=1S/C17H29N3O2S/c1-13(15-19-9-11-23-15)18-8-7-14-6-5-10-20(12-14)16(21)22-17(2,3)4/h9,11,13-14,18H,5-8,10,12H2,1-4H3. The second-order valence-electron chi connectivity index (χ2n) is 7.27. The summed E-state index contributed by atoms with van der Waals surface area (Å²) in [4.78, 5) is 18.4. The number of rotatable bonds is 5. The van der Waals surface area contributed by atoms with E-state index in [0.29, 0.717) is 12.0 Å². The van der Waals surface area contributed by atoms with Crippen molar-refractivity contribution in [2.24, 2.45) is 5.92 Å². The predicted octanol–water partition coefficient (Wildman–Crippen LogP) is 3.83. The van der Waals surface area contributed by atoms with Crippen LogP contribution in [0.3, 0.4) is 0 Å². The van der Waals surface area contributed by atoms with Crippen molar-refractivity contribution >= 4 is 17.4 Å². The zero-order chi connectivity index (χ0) is 16.9. The number of amides is 1. The molecular weight excluding hydrogens is 310 g/mol. The van der Waals surface area contributed by atoms with Crippen molar-refractivity contribution in [3.05, 3.63) is 16.6 Å². The van der Waals surface area contributed by atoms with E-state index in [1.807, 2.05) is 37.2 Å². The van der Waals surface area contributed by atoms with Crippen LogP contribution in [-0.4, -0.2) is 41.2 Å². The summed E-state index contributed by atoms with van der Waals surface area (Å²) < 4.78 is 5.48. The summed E-state index contributed by atoms with van der Waals surface area (Å²) in [6.07, 6.45) is 5.00. The minimum atomic E-state index is -0.422. The Morgan fingerprint density at radius 1 is 1.57 bits per heavy atom. The summed E-state index contributed by atoms with van der Waals surface area (Å²) in [5, 5.41) is 6.66. The van der Waals surface area contributed by atoms with Crippen LogP contribution in [0.25, 0.3) is 0 Å². The van der Waals surface area contributed by atoms with E-state index in [2.05, 4.69) is 17.2 Å². The van der Waals surface area contributed by atoms with Crippen LogP contribution in [0, 0.1) is 5.92 Å². The van der Waals surface area contributed by atoms with Crippen molar-refractivity contribution in [1.29, 1.82) is 0 Å². The number of thiazole rings is 1. The quantitative estimate of drug-likeness (QED) is 0.886. The Labute approximate surface area is 143 Å². The van der Waals surface area contributed by atoms with Crippen molar-refractivity contribution in [3.63, 3.8) is 0 Å². The van der Waals surface area contributed by atoms with E-state index in [0.717, 1.165) is 37.5 Å². The van der Waals surface area contributed by atoms with E-state index >= 15 is 0 Å². The van der Waals surface area contributed by atoms with Crippen LogP contribution in [-0.2, 0) is 4.74 Å². The minimum Gasteiger partial charge on any atom is -0.444 e. The molecule has 130 valence electrons. The number of carbonyl (C=O) groups excluding carboxylic acids is 1. The van der Waals surface area contributed by atoms with E-state index in [4.69, 9.17) is 4.74 Å². The maximum atomic E-state index is 12.2. The molecule has 2 atom stereocenters. The fourth-order valence-corrected chi connectivity index (χ4v) is 3.50. The molecule has 0 aliphatic carbocycles. The van der Waals surface area contributed by atoms with Crippen molar-refractivity contribution < 1.29 is 9.53 Å². The third-order valence-corrected chi connectivity index (χ3v) is 4.95. The summed E-state index contributed by atoms with van der Waals surface area (Å²) in [6, 6.07) is 0.292. The van der Waals surface area contributed by atoms with Gasteiger partial charge in [-0.05, 0) is 59.4 Å². The maximum absolute atomic E-state index is 12.2. The van der Waals surface area contributed by atoms with Crippen LogP contribution in [0.5, 0.6) is 0 Å². The highest BCUT2D eigenvalue weighted by Crippen LogP contribution is 2.22. The van der Waals surface area contributed by atoms with Gasteiger partial charge in [0.05, 0.1) is 6.04 Å². The molecule has 0 bridgehead atoms. The number of hydrogen-bond donors (Lipinski definition) is 1. The number of hydrogen-bond acceptors (Lipinski definition) is 5. The first kappa shape index (κ1) is 18.2. The molecule has 1 aliphatic rings. The van der Waals surface area contributed by atoms with Crippen molar-refractivity contribution in [2.75, 3.05) is 19.6 Å². The highest BCUT2D eigenvalue weighted by molar-refractivity contribution is 7.09. The summed E-state index contributed by atoms with van der Waals surface area (Å²) in [5.41, 5.74) is -0.422. The lowest BCUT2D eigenvalue weighted by atomic mass is 9.95. The lowest BCUT2D eigenvalue weighted by Crippen LogP contribution is -2.43. The van der Waals surface area contributed by atoms with Gasteiger partial charge in [-0.15, -0.1) is 11.3 Å². The van der Waals surface area contributed by atoms with Crippen molar-refractivity contribution in [3.8, 4) is 0 Å². The smallest absolute Gasteiger partial charge is 0.410 e. The Balaban J connectivity index is 1.72. The fraction of sp³-hybridized carbons (Fsp3) is 0.765. The van der Waals surface area contributed by atoms with Crippen LogP contribution >= 0.6 is 11.3 Å². The minimum absolute atomic E-state index is 0.175. The molecule has 1 aromatic rings. The van der Waals surface area contributed by atoms with Gasteiger partial charge in [0, 0.05) is 24.7 Å². The Morgan fingerprint density at radius 2 is 2.35 bits per heavy atom. The predicted molar refractivity (Wildman–Crippen MR) is 93.7 cm³/mol. The van der Waals surface area contributed by atoms with Gasteiger partial charge in [0.1, 0.15) is 10.6 Å². The third kappa shape index (κ3) is 6.11. The zero-order valence-corrected chi connectivity index (χ0v) is 15.5. The number of aromatic nitrogens is 1. The number of carbonyl (C=O) groups is 1. The monoisotopic (exact) mass is 339 g/mol. The SMILES string of the molecule is CC(NCCC1CCCN(C(=O)OC(C)(C)C)C1)c1nccs1. The van der Waals surface area contributed by atoms with E-state index in [9.17, 15) is 4.79 Å². The van der Waals surface area contributed by atoms with Crippen LogP contribution in [0.2, 0.25) is 0 Å². The van der Waals surface area contributed by atoms with Crippen LogP contribution in [0.4, 0.5) is 4.79 Å². The van der Waals surface area contributed by atoms with Gasteiger partial charge in [-0.3, -0.25) is 0 Å². The summed E-state index contributed by atoms with van der Waals surface area (Å²) in [6.45, 7) is 10.5. The van der Waals surface area contributed by atoms with Gasteiger partial charge in [-0.2, -0.15) is 0 Å². The molecule has 1 saturated heterocycles. The zero-order valence-electron chi connectivity index (χ0n) is 14.7. The first-order valence-corrected chi connectivity index (χ1v) is 9.34. The average molecular weight is 340 g/mol. The molecule has 2 rings (SSSR count). The number of nitrogens with zero attached hydrogens (tertiary/aromatic N) is 2. The summed E-state index contributed by atoms with van der Waals surface area (Å²) in [5.74, 6) is 0.548.